The van der Waals surface area contributed by atoms with Gasteiger partial charge in [0.2, 0.25) is 0 Å². The van der Waals surface area contributed by atoms with Crippen molar-refractivity contribution in [2.75, 3.05) is 20.1 Å². The molecule has 3 heteroatoms. The van der Waals surface area contributed by atoms with Crippen molar-refractivity contribution < 1.29 is 0 Å². The van der Waals surface area contributed by atoms with Crippen LogP contribution in [0.3, 0.4) is 0 Å². The van der Waals surface area contributed by atoms with Gasteiger partial charge in [0, 0.05) is 11.9 Å². The normalized spacial score (nSPS) is 13.4. The second-order valence-corrected chi connectivity index (χ2v) is 5.28. The Morgan fingerprint density at radius 3 is 2.86 bits per heavy atom. The van der Waals surface area contributed by atoms with Crippen LogP contribution in [0.1, 0.15) is 18.9 Å². The first-order valence-electron chi connectivity index (χ1n) is 5.02. The van der Waals surface area contributed by atoms with E-state index in [0.717, 1.165) is 25.9 Å². The van der Waals surface area contributed by atoms with Gasteiger partial charge in [0.1, 0.15) is 0 Å². The minimum absolute atomic E-state index is 0.290. The van der Waals surface area contributed by atoms with Gasteiger partial charge in [-0.2, -0.15) is 11.3 Å². The zero-order valence-corrected chi connectivity index (χ0v) is 10.4. The highest BCUT2D eigenvalue weighted by Crippen LogP contribution is 2.07. The zero-order valence-electron chi connectivity index (χ0n) is 8.87. The number of halogens is 1. The second kappa shape index (κ2) is 6.44. The van der Waals surface area contributed by atoms with Crippen LogP contribution in [0.4, 0.5) is 0 Å². The predicted octanol–water partition coefficient (Wildman–Crippen LogP) is 3.24. The lowest BCUT2D eigenvalue weighted by molar-refractivity contribution is 0.333. The molecule has 0 amide bonds. The predicted molar refractivity (Wildman–Crippen MR) is 65.5 cm³/mol. The lowest BCUT2D eigenvalue weighted by Crippen LogP contribution is -2.23. The first-order chi connectivity index (χ1) is 6.68. The zero-order chi connectivity index (χ0) is 10.4. The molecule has 0 aromatic carbocycles. The summed E-state index contributed by atoms with van der Waals surface area (Å²) >= 11 is 7.67. The summed E-state index contributed by atoms with van der Waals surface area (Å²) in [7, 11) is 2.16. The standard InChI is InChI=1S/C11H18ClNS/c1-10(12)3-6-13(2)7-4-11-5-8-14-9-11/h5,8-10H,3-4,6-7H2,1-2H3. The summed E-state index contributed by atoms with van der Waals surface area (Å²) in [6, 6.07) is 2.20. The molecule has 0 fully saturated rings. The highest BCUT2D eigenvalue weighted by Gasteiger charge is 2.02. The fourth-order valence-electron chi connectivity index (χ4n) is 1.26. The van der Waals surface area contributed by atoms with Crippen LogP contribution in [0, 0.1) is 0 Å². The first kappa shape index (κ1) is 12.0. The number of thiophene rings is 1. The Hall–Kier alpha value is -0.0500. The van der Waals surface area contributed by atoms with Gasteiger partial charge in [0.15, 0.2) is 0 Å². The first-order valence-corrected chi connectivity index (χ1v) is 6.40. The van der Waals surface area contributed by atoms with Gasteiger partial charge >= 0.3 is 0 Å². The van der Waals surface area contributed by atoms with Crippen LogP contribution in [0.2, 0.25) is 0 Å². The van der Waals surface area contributed by atoms with E-state index in [1.807, 2.05) is 6.92 Å². The molecule has 1 atom stereocenters. The number of rotatable bonds is 6. The fraction of sp³-hybridized carbons (Fsp3) is 0.636. The van der Waals surface area contributed by atoms with E-state index >= 15 is 0 Å². The van der Waals surface area contributed by atoms with Gasteiger partial charge in [-0.3, -0.25) is 0 Å². The summed E-state index contributed by atoms with van der Waals surface area (Å²) < 4.78 is 0. The van der Waals surface area contributed by atoms with E-state index in [9.17, 15) is 0 Å². The number of alkyl halides is 1. The largest absolute Gasteiger partial charge is 0.306 e. The van der Waals surface area contributed by atoms with Gasteiger partial charge < -0.3 is 4.90 Å². The lowest BCUT2D eigenvalue weighted by atomic mass is 10.2. The van der Waals surface area contributed by atoms with E-state index in [2.05, 4.69) is 28.8 Å². The third kappa shape index (κ3) is 4.99. The van der Waals surface area contributed by atoms with Crippen molar-refractivity contribution >= 4 is 22.9 Å². The quantitative estimate of drug-likeness (QED) is 0.680. The second-order valence-electron chi connectivity index (χ2n) is 3.75. The maximum absolute atomic E-state index is 5.90. The Labute approximate surface area is 95.7 Å². The summed E-state index contributed by atoms with van der Waals surface area (Å²) in [4.78, 5) is 2.34. The third-order valence-corrected chi connectivity index (χ3v) is 3.22. The molecular weight excluding hydrogens is 214 g/mol. The molecule has 80 valence electrons. The Bertz CT molecular complexity index is 233. The summed E-state index contributed by atoms with van der Waals surface area (Å²) in [5.74, 6) is 0. The molecule has 1 unspecified atom stereocenters. The van der Waals surface area contributed by atoms with Crippen molar-refractivity contribution in [2.24, 2.45) is 0 Å². The Morgan fingerprint density at radius 2 is 2.29 bits per heavy atom. The van der Waals surface area contributed by atoms with Crippen molar-refractivity contribution in [1.29, 1.82) is 0 Å². The van der Waals surface area contributed by atoms with E-state index in [1.54, 1.807) is 11.3 Å². The number of likely N-dealkylation sites (N-methyl/N-ethyl adjacent to an activating group) is 1. The number of hydrogen-bond acceptors (Lipinski definition) is 2. The topological polar surface area (TPSA) is 3.24 Å². The molecule has 0 N–H and O–H groups in total. The molecule has 0 aliphatic heterocycles. The van der Waals surface area contributed by atoms with Crippen LogP contribution in [0.15, 0.2) is 16.8 Å². The van der Waals surface area contributed by atoms with E-state index < -0.39 is 0 Å². The Balaban J connectivity index is 2.12. The third-order valence-electron chi connectivity index (χ3n) is 2.27. The molecule has 1 aromatic heterocycles. The van der Waals surface area contributed by atoms with Gasteiger partial charge in [0.05, 0.1) is 0 Å². The smallest absolute Gasteiger partial charge is 0.0320 e. The van der Waals surface area contributed by atoms with Crippen LogP contribution in [0.5, 0.6) is 0 Å². The van der Waals surface area contributed by atoms with Crippen LogP contribution < -0.4 is 0 Å². The van der Waals surface area contributed by atoms with Crippen molar-refractivity contribution in [2.45, 2.75) is 25.1 Å². The van der Waals surface area contributed by atoms with Gasteiger partial charge in [-0.05, 0) is 55.7 Å². The van der Waals surface area contributed by atoms with Crippen molar-refractivity contribution in [3.8, 4) is 0 Å². The summed E-state index contributed by atoms with van der Waals surface area (Å²) in [6.45, 7) is 4.27. The van der Waals surface area contributed by atoms with Gasteiger partial charge in [-0.15, -0.1) is 11.6 Å². The summed E-state index contributed by atoms with van der Waals surface area (Å²) in [6.07, 6.45) is 2.22. The SMILES string of the molecule is CC(Cl)CCN(C)CCc1ccsc1. The highest BCUT2D eigenvalue weighted by atomic mass is 35.5. The molecule has 0 aliphatic carbocycles. The summed E-state index contributed by atoms with van der Waals surface area (Å²) in [5, 5.41) is 4.65. The average Bonchev–Trinajstić information content (AvgIpc) is 2.63. The summed E-state index contributed by atoms with van der Waals surface area (Å²) in [5.41, 5.74) is 1.45. The van der Waals surface area contributed by atoms with Crippen molar-refractivity contribution in [1.82, 2.24) is 4.90 Å². The molecule has 0 spiro atoms. The van der Waals surface area contributed by atoms with Crippen LogP contribution in [-0.2, 0) is 6.42 Å². The Kier molecular flexibility index (Phi) is 5.53. The molecule has 1 nitrogen and oxygen atoms in total. The number of hydrogen-bond donors (Lipinski definition) is 0. The maximum atomic E-state index is 5.90. The minimum atomic E-state index is 0.290. The lowest BCUT2D eigenvalue weighted by Gasteiger charge is -2.16. The van der Waals surface area contributed by atoms with Crippen LogP contribution in [0.25, 0.3) is 0 Å². The molecule has 1 heterocycles. The minimum Gasteiger partial charge on any atom is -0.306 e. The van der Waals surface area contributed by atoms with Crippen LogP contribution >= 0.6 is 22.9 Å². The van der Waals surface area contributed by atoms with Crippen LogP contribution in [-0.4, -0.2) is 30.4 Å². The molecular formula is C11H18ClNS. The molecule has 0 radical (unpaired) electrons. The molecule has 0 aliphatic rings. The van der Waals surface area contributed by atoms with Crippen molar-refractivity contribution in [3.05, 3.63) is 22.4 Å². The maximum Gasteiger partial charge on any atom is 0.0320 e. The molecule has 0 saturated heterocycles. The molecule has 1 aromatic rings. The monoisotopic (exact) mass is 231 g/mol. The van der Waals surface area contributed by atoms with E-state index in [4.69, 9.17) is 11.6 Å². The fourth-order valence-corrected chi connectivity index (χ4v) is 2.07. The Morgan fingerprint density at radius 1 is 1.50 bits per heavy atom. The van der Waals surface area contributed by atoms with E-state index in [-0.39, 0.29) is 0 Å². The van der Waals surface area contributed by atoms with Crippen molar-refractivity contribution in [3.63, 3.8) is 0 Å². The number of nitrogens with zero attached hydrogens (tertiary/aromatic N) is 1. The molecule has 0 bridgehead atoms. The van der Waals surface area contributed by atoms with Gasteiger partial charge in [0.25, 0.3) is 0 Å². The molecule has 1 rings (SSSR count). The van der Waals surface area contributed by atoms with E-state index in [0.29, 0.717) is 5.38 Å². The average molecular weight is 232 g/mol. The molecule has 14 heavy (non-hydrogen) atoms. The van der Waals surface area contributed by atoms with E-state index in [1.165, 1.54) is 5.56 Å². The molecule has 0 saturated carbocycles. The highest BCUT2D eigenvalue weighted by molar-refractivity contribution is 7.07. The van der Waals surface area contributed by atoms with Gasteiger partial charge in [-0.25, -0.2) is 0 Å². The van der Waals surface area contributed by atoms with Gasteiger partial charge in [-0.1, -0.05) is 0 Å².